The van der Waals surface area contributed by atoms with E-state index in [9.17, 15) is 0 Å². The molecule has 1 aliphatic carbocycles. The summed E-state index contributed by atoms with van der Waals surface area (Å²) in [7, 11) is 0. The summed E-state index contributed by atoms with van der Waals surface area (Å²) in [6, 6.07) is 2.03. The number of aromatic nitrogens is 2. The van der Waals surface area contributed by atoms with Gasteiger partial charge in [0.25, 0.3) is 0 Å². The van der Waals surface area contributed by atoms with E-state index in [4.69, 9.17) is 0 Å². The van der Waals surface area contributed by atoms with Gasteiger partial charge in [0.05, 0.1) is 0 Å². The monoisotopic (exact) mass is 262 g/mol. The first-order valence-corrected chi connectivity index (χ1v) is 7.55. The van der Waals surface area contributed by atoms with Gasteiger partial charge in [0.1, 0.15) is 17.5 Å². The lowest BCUT2D eigenvalue weighted by Gasteiger charge is -2.35. The molecular formula is C15H26N4. The summed E-state index contributed by atoms with van der Waals surface area (Å²) < 4.78 is 0. The topological polar surface area (TPSA) is 49.8 Å². The Morgan fingerprint density at radius 3 is 2.42 bits per heavy atom. The predicted molar refractivity (Wildman–Crippen MR) is 80.7 cm³/mol. The molecule has 1 aromatic heterocycles. The van der Waals surface area contributed by atoms with Crippen LogP contribution in [-0.2, 0) is 6.42 Å². The van der Waals surface area contributed by atoms with Crippen LogP contribution in [0.2, 0.25) is 0 Å². The fourth-order valence-corrected chi connectivity index (χ4v) is 2.76. The van der Waals surface area contributed by atoms with Crippen LogP contribution in [0.4, 0.5) is 11.6 Å². The Kier molecular flexibility index (Phi) is 4.61. The summed E-state index contributed by atoms with van der Waals surface area (Å²) in [5, 5.41) is 6.92. The highest BCUT2D eigenvalue weighted by atomic mass is 15.1. The first kappa shape index (κ1) is 14.1. The Morgan fingerprint density at radius 2 is 1.79 bits per heavy atom. The number of nitrogens with zero attached hydrogens (tertiary/aromatic N) is 2. The van der Waals surface area contributed by atoms with Crippen LogP contribution in [0.3, 0.4) is 0 Å². The van der Waals surface area contributed by atoms with Crippen molar-refractivity contribution in [2.45, 2.75) is 64.8 Å². The van der Waals surface area contributed by atoms with E-state index < -0.39 is 0 Å². The number of hydrogen-bond donors (Lipinski definition) is 2. The Hall–Kier alpha value is -1.32. The predicted octanol–water partition coefficient (Wildman–Crippen LogP) is 3.61. The number of aryl methyl sites for hydroxylation is 1. The van der Waals surface area contributed by atoms with Crippen molar-refractivity contribution < 1.29 is 0 Å². The van der Waals surface area contributed by atoms with Crippen LogP contribution in [0.25, 0.3) is 0 Å². The van der Waals surface area contributed by atoms with E-state index in [0.717, 1.165) is 30.4 Å². The van der Waals surface area contributed by atoms with E-state index >= 15 is 0 Å². The number of rotatable bonds is 5. The highest BCUT2D eigenvalue weighted by Gasteiger charge is 2.27. The van der Waals surface area contributed by atoms with Crippen molar-refractivity contribution in [1.29, 1.82) is 0 Å². The molecule has 2 N–H and O–H groups in total. The minimum atomic E-state index is 0.196. The van der Waals surface area contributed by atoms with E-state index in [1.165, 1.54) is 32.1 Å². The van der Waals surface area contributed by atoms with Crippen molar-refractivity contribution in [3.8, 4) is 0 Å². The Labute approximate surface area is 116 Å². The highest BCUT2D eigenvalue weighted by Crippen LogP contribution is 2.31. The second-order valence-electron chi connectivity index (χ2n) is 5.68. The quantitative estimate of drug-likeness (QED) is 0.851. The third kappa shape index (κ3) is 3.82. The summed E-state index contributed by atoms with van der Waals surface area (Å²) >= 11 is 0. The molecule has 0 amide bonds. The van der Waals surface area contributed by atoms with Crippen molar-refractivity contribution in [3.05, 3.63) is 11.9 Å². The molecule has 106 valence electrons. The Balaban J connectivity index is 2.16. The van der Waals surface area contributed by atoms with E-state index in [-0.39, 0.29) is 5.54 Å². The fourth-order valence-electron chi connectivity index (χ4n) is 2.76. The molecule has 0 bridgehead atoms. The van der Waals surface area contributed by atoms with Crippen LogP contribution in [0.15, 0.2) is 6.07 Å². The number of hydrogen-bond acceptors (Lipinski definition) is 4. The SMILES string of the molecule is CCNc1cc(NC2(C)CCCCC2)nc(CC)n1. The average molecular weight is 262 g/mol. The maximum atomic E-state index is 4.61. The van der Waals surface area contributed by atoms with Crippen molar-refractivity contribution in [1.82, 2.24) is 9.97 Å². The average Bonchev–Trinajstić information content (AvgIpc) is 2.39. The molecule has 0 spiro atoms. The molecule has 0 atom stereocenters. The normalized spacial score (nSPS) is 18.1. The molecule has 1 heterocycles. The van der Waals surface area contributed by atoms with Gasteiger partial charge < -0.3 is 10.6 Å². The first-order chi connectivity index (χ1) is 9.15. The van der Waals surface area contributed by atoms with Gasteiger partial charge in [-0.2, -0.15) is 0 Å². The van der Waals surface area contributed by atoms with Gasteiger partial charge in [-0.15, -0.1) is 0 Å². The highest BCUT2D eigenvalue weighted by molar-refractivity contribution is 5.49. The Bertz CT molecular complexity index is 411. The smallest absolute Gasteiger partial charge is 0.132 e. The van der Waals surface area contributed by atoms with E-state index in [0.29, 0.717) is 0 Å². The van der Waals surface area contributed by atoms with E-state index in [1.54, 1.807) is 0 Å². The van der Waals surface area contributed by atoms with Crippen molar-refractivity contribution in [3.63, 3.8) is 0 Å². The molecule has 0 aromatic carbocycles. The molecular weight excluding hydrogens is 236 g/mol. The van der Waals surface area contributed by atoms with Crippen LogP contribution in [-0.4, -0.2) is 22.1 Å². The summed E-state index contributed by atoms with van der Waals surface area (Å²) in [4.78, 5) is 9.11. The van der Waals surface area contributed by atoms with Crippen LogP contribution in [0, 0.1) is 0 Å². The third-order valence-electron chi connectivity index (χ3n) is 3.83. The van der Waals surface area contributed by atoms with Crippen LogP contribution >= 0.6 is 0 Å². The molecule has 0 unspecified atom stereocenters. The summed E-state index contributed by atoms with van der Waals surface area (Å²) in [5.74, 6) is 2.80. The van der Waals surface area contributed by atoms with Gasteiger partial charge in [-0.3, -0.25) is 0 Å². The van der Waals surface area contributed by atoms with Gasteiger partial charge in [-0.1, -0.05) is 26.2 Å². The van der Waals surface area contributed by atoms with Crippen LogP contribution in [0.5, 0.6) is 0 Å². The molecule has 0 aliphatic heterocycles. The molecule has 1 fully saturated rings. The molecule has 0 radical (unpaired) electrons. The van der Waals surface area contributed by atoms with Gasteiger partial charge >= 0.3 is 0 Å². The lowest BCUT2D eigenvalue weighted by Crippen LogP contribution is -2.37. The van der Waals surface area contributed by atoms with Crippen molar-refractivity contribution in [2.75, 3.05) is 17.2 Å². The third-order valence-corrected chi connectivity index (χ3v) is 3.83. The lowest BCUT2D eigenvalue weighted by molar-refractivity contribution is 0.348. The molecule has 1 aromatic rings. The minimum Gasteiger partial charge on any atom is -0.370 e. The number of nitrogens with one attached hydrogen (secondary N) is 2. The number of anilines is 2. The summed E-state index contributed by atoms with van der Waals surface area (Å²) in [6.07, 6.45) is 7.32. The van der Waals surface area contributed by atoms with Crippen molar-refractivity contribution >= 4 is 11.6 Å². The largest absolute Gasteiger partial charge is 0.370 e. The van der Waals surface area contributed by atoms with Gasteiger partial charge in [0.2, 0.25) is 0 Å². The molecule has 1 saturated carbocycles. The zero-order valence-electron chi connectivity index (χ0n) is 12.4. The zero-order chi connectivity index (χ0) is 13.7. The zero-order valence-corrected chi connectivity index (χ0v) is 12.4. The lowest BCUT2D eigenvalue weighted by atomic mass is 9.83. The van der Waals surface area contributed by atoms with Crippen molar-refractivity contribution in [2.24, 2.45) is 0 Å². The van der Waals surface area contributed by atoms with Gasteiger partial charge in [-0.25, -0.2) is 9.97 Å². The molecule has 4 nitrogen and oxygen atoms in total. The van der Waals surface area contributed by atoms with Gasteiger partial charge in [0, 0.05) is 24.6 Å². The van der Waals surface area contributed by atoms with Crippen LogP contribution < -0.4 is 10.6 Å². The fraction of sp³-hybridized carbons (Fsp3) is 0.733. The van der Waals surface area contributed by atoms with E-state index in [2.05, 4.69) is 41.4 Å². The molecule has 0 saturated heterocycles. The van der Waals surface area contributed by atoms with E-state index in [1.807, 2.05) is 6.07 Å². The molecule has 19 heavy (non-hydrogen) atoms. The molecule has 1 aliphatic rings. The minimum absolute atomic E-state index is 0.196. The Morgan fingerprint density at radius 1 is 1.11 bits per heavy atom. The second kappa shape index (κ2) is 6.22. The standard InChI is InChI=1S/C15H26N4/c1-4-12-17-13(16-5-2)11-14(18-12)19-15(3)9-7-6-8-10-15/h11H,4-10H2,1-3H3,(H2,16,17,18,19). The summed E-state index contributed by atoms with van der Waals surface area (Å²) in [5.41, 5.74) is 0.196. The van der Waals surface area contributed by atoms with Gasteiger partial charge in [-0.05, 0) is 26.7 Å². The summed E-state index contributed by atoms with van der Waals surface area (Å²) in [6.45, 7) is 7.38. The first-order valence-electron chi connectivity index (χ1n) is 7.55. The molecule has 4 heteroatoms. The maximum absolute atomic E-state index is 4.61. The second-order valence-corrected chi connectivity index (χ2v) is 5.68. The maximum Gasteiger partial charge on any atom is 0.132 e. The molecule has 2 rings (SSSR count). The van der Waals surface area contributed by atoms with Crippen LogP contribution in [0.1, 0.15) is 58.7 Å². The van der Waals surface area contributed by atoms with Gasteiger partial charge in [0.15, 0.2) is 0 Å².